The zero-order chi connectivity index (χ0) is 19.2. The van der Waals surface area contributed by atoms with E-state index >= 15 is 0 Å². The maximum absolute atomic E-state index is 9.75. The lowest BCUT2D eigenvalue weighted by atomic mass is 10.1. The second-order valence-electron chi connectivity index (χ2n) is 5.98. The molecule has 0 aliphatic carbocycles. The highest BCUT2D eigenvalue weighted by atomic mass is 19.5. The molecule has 0 aliphatic heterocycles. The van der Waals surface area contributed by atoms with Crippen LogP contribution >= 0.6 is 0 Å². The SMILES string of the molecule is C[C@H](c1ccccc1)n1cc[n+]([C@H](C)c2ccccc2)c1.F[B-](F)(F)F. The average Bonchev–Trinajstić information content (AvgIpc) is 3.10. The molecule has 0 radical (unpaired) electrons. The van der Waals surface area contributed by atoms with Gasteiger partial charge in [0.1, 0.15) is 24.5 Å². The predicted octanol–water partition coefficient (Wildman–Crippen LogP) is 5.29. The van der Waals surface area contributed by atoms with Gasteiger partial charge < -0.3 is 17.3 Å². The van der Waals surface area contributed by atoms with Crippen LogP contribution in [-0.2, 0) is 0 Å². The van der Waals surface area contributed by atoms with Gasteiger partial charge in [0.25, 0.3) is 0 Å². The second kappa shape index (κ2) is 8.69. The molecule has 0 fully saturated rings. The van der Waals surface area contributed by atoms with Crippen molar-refractivity contribution < 1.29 is 21.8 Å². The molecule has 26 heavy (non-hydrogen) atoms. The molecule has 3 aromatic rings. The van der Waals surface area contributed by atoms with Crippen LogP contribution < -0.4 is 4.57 Å². The molecule has 7 heteroatoms. The Morgan fingerprint density at radius 3 is 1.77 bits per heavy atom. The molecule has 0 saturated carbocycles. The van der Waals surface area contributed by atoms with Crippen LogP contribution in [0.3, 0.4) is 0 Å². The molecule has 0 unspecified atom stereocenters. The van der Waals surface area contributed by atoms with Crippen molar-refractivity contribution >= 4 is 7.25 Å². The maximum atomic E-state index is 9.75. The number of aromatic nitrogens is 2. The lowest BCUT2D eigenvalue weighted by Gasteiger charge is -2.09. The molecule has 0 saturated heterocycles. The minimum atomic E-state index is -6.00. The highest BCUT2D eigenvalue weighted by molar-refractivity contribution is 6.50. The van der Waals surface area contributed by atoms with Gasteiger partial charge in [-0.05, 0) is 25.0 Å². The fourth-order valence-corrected chi connectivity index (χ4v) is 2.65. The largest absolute Gasteiger partial charge is 0.673 e. The highest BCUT2D eigenvalue weighted by Gasteiger charge is 2.20. The molecule has 2 nitrogen and oxygen atoms in total. The van der Waals surface area contributed by atoms with Crippen molar-refractivity contribution in [1.29, 1.82) is 0 Å². The summed E-state index contributed by atoms with van der Waals surface area (Å²) in [6, 6.07) is 21.9. The summed E-state index contributed by atoms with van der Waals surface area (Å²) in [6.45, 7) is 4.46. The van der Waals surface area contributed by atoms with E-state index in [0.29, 0.717) is 12.1 Å². The first-order valence-corrected chi connectivity index (χ1v) is 8.31. The summed E-state index contributed by atoms with van der Waals surface area (Å²) in [4.78, 5) is 0. The third-order valence-electron chi connectivity index (χ3n) is 4.14. The monoisotopic (exact) mass is 364 g/mol. The molecule has 2 aromatic carbocycles. The van der Waals surface area contributed by atoms with Crippen LogP contribution in [0.25, 0.3) is 0 Å². The molecular weight excluding hydrogens is 343 g/mol. The van der Waals surface area contributed by atoms with Crippen LogP contribution in [0.4, 0.5) is 17.3 Å². The van der Waals surface area contributed by atoms with Gasteiger partial charge in [-0.25, -0.2) is 9.13 Å². The Kier molecular flexibility index (Phi) is 6.61. The Labute approximate surface area is 150 Å². The Bertz CT molecular complexity index is 722. The first-order chi connectivity index (χ1) is 12.3. The van der Waals surface area contributed by atoms with Crippen molar-refractivity contribution in [2.45, 2.75) is 25.9 Å². The minimum absolute atomic E-state index is 0.343. The number of benzene rings is 2. The minimum Gasteiger partial charge on any atom is -0.418 e. The number of halogens is 4. The van der Waals surface area contributed by atoms with Crippen molar-refractivity contribution in [3.8, 4) is 0 Å². The van der Waals surface area contributed by atoms with E-state index in [1.165, 1.54) is 11.1 Å². The van der Waals surface area contributed by atoms with E-state index in [0.717, 1.165) is 0 Å². The Morgan fingerprint density at radius 1 is 0.808 bits per heavy atom. The van der Waals surface area contributed by atoms with E-state index in [2.05, 4.69) is 102 Å². The van der Waals surface area contributed by atoms with E-state index in [9.17, 15) is 17.3 Å². The first kappa shape index (κ1) is 19.8. The Morgan fingerprint density at radius 2 is 1.27 bits per heavy atom. The summed E-state index contributed by atoms with van der Waals surface area (Å²) >= 11 is 0. The van der Waals surface area contributed by atoms with Crippen LogP contribution in [0.1, 0.15) is 37.1 Å². The number of rotatable bonds is 4. The lowest BCUT2D eigenvalue weighted by Crippen LogP contribution is -2.36. The van der Waals surface area contributed by atoms with Gasteiger partial charge in [0.2, 0.25) is 6.33 Å². The normalized spacial score (nSPS) is 13.5. The summed E-state index contributed by atoms with van der Waals surface area (Å²) in [6.07, 6.45) is 6.49. The molecule has 1 aromatic heterocycles. The zero-order valence-corrected chi connectivity index (χ0v) is 14.6. The van der Waals surface area contributed by atoms with Gasteiger partial charge >= 0.3 is 7.25 Å². The van der Waals surface area contributed by atoms with Crippen molar-refractivity contribution in [1.82, 2.24) is 4.57 Å². The Hall–Kier alpha value is -2.57. The summed E-state index contributed by atoms with van der Waals surface area (Å²) in [5.74, 6) is 0. The molecular formula is C19H21BF4N2. The summed E-state index contributed by atoms with van der Waals surface area (Å²) in [7, 11) is -6.00. The molecule has 138 valence electrons. The highest BCUT2D eigenvalue weighted by Crippen LogP contribution is 2.17. The van der Waals surface area contributed by atoms with Gasteiger partial charge in [-0.1, -0.05) is 60.7 Å². The molecule has 3 rings (SSSR count). The standard InChI is InChI=1S/C19H21N2.BF4/c1-16(18-9-5-3-6-10-18)20-13-14-21(15-20)17(2)19-11-7-4-8-12-19;2-1(3,4)5/h3-17H,1-2H3;/q+1;-1/t16-,17-;/m1./s1. The molecule has 1 heterocycles. The molecule has 0 amide bonds. The van der Waals surface area contributed by atoms with Gasteiger partial charge in [0.05, 0.1) is 0 Å². The third kappa shape index (κ3) is 6.06. The van der Waals surface area contributed by atoms with Crippen LogP contribution in [0, 0.1) is 0 Å². The molecule has 0 bridgehead atoms. The fourth-order valence-electron chi connectivity index (χ4n) is 2.65. The summed E-state index contributed by atoms with van der Waals surface area (Å²) in [5.41, 5.74) is 2.65. The van der Waals surface area contributed by atoms with E-state index < -0.39 is 7.25 Å². The van der Waals surface area contributed by atoms with Crippen LogP contribution in [0.15, 0.2) is 79.4 Å². The van der Waals surface area contributed by atoms with Gasteiger partial charge in [0.15, 0.2) is 0 Å². The molecule has 0 N–H and O–H groups in total. The third-order valence-corrected chi connectivity index (χ3v) is 4.14. The quantitative estimate of drug-likeness (QED) is 0.338. The maximum Gasteiger partial charge on any atom is 0.673 e. The van der Waals surface area contributed by atoms with Gasteiger partial charge in [-0.2, -0.15) is 0 Å². The van der Waals surface area contributed by atoms with Crippen molar-refractivity contribution in [3.63, 3.8) is 0 Å². The van der Waals surface area contributed by atoms with Crippen LogP contribution in [-0.4, -0.2) is 11.8 Å². The van der Waals surface area contributed by atoms with Crippen molar-refractivity contribution in [2.75, 3.05) is 0 Å². The summed E-state index contributed by atoms with van der Waals surface area (Å²) < 4.78 is 43.5. The number of hydrogen-bond donors (Lipinski definition) is 0. The number of hydrogen-bond acceptors (Lipinski definition) is 0. The second-order valence-corrected chi connectivity index (χ2v) is 5.98. The van der Waals surface area contributed by atoms with Gasteiger partial charge in [0, 0.05) is 0 Å². The topological polar surface area (TPSA) is 8.81 Å². The predicted molar refractivity (Wildman–Crippen MR) is 95.3 cm³/mol. The molecule has 0 aliphatic rings. The van der Waals surface area contributed by atoms with E-state index in [-0.39, 0.29) is 0 Å². The fraction of sp³-hybridized carbons (Fsp3) is 0.211. The van der Waals surface area contributed by atoms with Crippen molar-refractivity contribution in [2.24, 2.45) is 0 Å². The van der Waals surface area contributed by atoms with E-state index in [4.69, 9.17) is 0 Å². The van der Waals surface area contributed by atoms with Crippen LogP contribution in [0.5, 0.6) is 0 Å². The number of nitrogens with zero attached hydrogens (tertiary/aromatic N) is 2. The molecule has 0 spiro atoms. The number of imidazole rings is 1. The molecule has 2 atom stereocenters. The average molecular weight is 364 g/mol. The summed E-state index contributed by atoms with van der Waals surface area (Å²) in [5, 5.41) is 0. The van der Waals surface area contributed by atoms with Crippen LogP contribution in [0.2, 0.25) is 0 Å². The van der Waals surface area contributed by atoms with E-state index in [1.807, 2.05) is 0 Å². The zero-order valence-electron chi connectivity index (χ0n) is 14.6. The van der Waals surface area contributed by atoms with Crippen molar-refractivity contribution in [3.05, 3.63) is 90.5 Å². The first-order valence-electron chi connectivity index (χ1n) is 8.31. The van der Waals surface area contributed by atoms with Gasteiger partial charge in [-0.3, -0.25) is 0 Å². The smallest absolute Gasteiger partial charge is 0.418 e. The van der Waals surface area contributed by atoms with E-state index in [1.54, 1.807) is 0 Å². The lowest BCUT2D eigenvalue weighted by molar-refractivity contribution is -0.710. The Balaban J connectivity index is 0.000000431. The van der Waals surface area contributed by atoms with Gasteiger partial charge in [-0.15, -0.1) is 0 Å².